The van der Waals surface area contributed by atoms with E-state index in [0.29, 0.717) is 47.7 Å². The number of aliphatic imine (C=N–C) groups is 1. The number of benzene rings is 2. The number of alkyl halides is 3. The first kappa shape index (κ1) is 28.8. The highest BCUT2D eigenvalue weighted by Crippen LogP contribution is 2.34. The summed E-state index contributed by atoms with van der Waals surface area (Å²) >= 11 is 0. The van der Waals surface area contributed by atoms with Gasteiger partial charge >= 0.3 is 6.18 Å². The maximum atomic E-state index is 13.8. The molecule has 1 heterocycles. The van der Waals surface area contributed by atoms with Crippen molar-refractivity contribution < 1.29 is 27.6 Å². The largest absolute Gasteiger partial charge is 0.416 e. The summed E-state index contributed by atoms with van der Waals surface area (Å²) in [5.74, 6) is -0.585. The van der Waals surface area contributed by atoms with Crippen LogP contribution < -0.4 is 15.5 Å². The van der Waals surface area contributed by atoms with Gasteiger partial charge in [0.1, 0.15) is 5.54 Å². The van der Waals surface area contributed by atoms with Gasteiger partial charge in [-0.05, 0) is 43.4 Å². The molecule has 3 aliphatic rings. The molecule has 0 unspecified atom stereocenters. The summed E-state index contributed by atoms with van der Waals surface area (Å²) in [5, 5.41) is 5.78. The summed E-state index contributed by atoms with van der Waals surface area (Å²) in [6, 6.07) is 11.5. The maximum Gasteiger partial charge on any atom is 0.416 e. The highest BCUT2D eigenvalue weighted by atomic mass is 19.4. The molecule has 0 aromatic heterocycles. The van der Waals surface area contributed by atoms with Crippen molar-refractivity contribution in [2.75, 3.05) is 11.9 Å². The number of carbonyl (C=O) groups is 3. The number of likely N-dealkylation sites (N-methyl/N-ethyl adjacent to an activating group) is 1. The minimum absolute atomic E-state index is 0.167. The highest BCUT2D eigenvalue weighted by Gasteiger charge is 2.44. The van der Waals surface area contributed by atoms with E-state index < -0.39 is 35.3 Å². The average molecular weight is 569 g/mol. The molecule has 2 fully saturated rings. The topological polar surface area (TPSA) is 90.9 Å². The van der Waals surface area contributed by atoms with E-state index in [2.05, 4.69) is 15.6 Å². The fourth-order valence-electron chi connectivity index (χ4n) is 6.28. The Kier molecular flexibility index (Phi) is 8.20. The van der Waals surface area contributed by atoms with Crippen LogP contribution in [-0.2, 0) is 20.6 Å². The Morgan fingerprint density at radius 3 is 2.32 bits per heavy atom. The van der Waals surface area contributed by atoms with Gasteiger partial charge in [0, 0.05) is 24.6 Å². The predicted octanol–water partition coefficient (Wildman–Crippen LogP) is 5.36. The van der Waals surface area contributed by atoms with Crippen molar-refractivity contribution in [3.63, 3.8) is 0 Å². The number of amides is 3. The minimum atomic E-state index is -4.49. The molecule has 3 amide bonds. The Balaban J connectivity index is 1.42. The lowest BCUT2D eigenvalue weighted by Gasteiger charge is -2.31. The van der Waals surface area contributed by atoms with Crippen LogP contribution in [0.4, 0.5) is 18.9 Å². The van der Waals surface area contributed by atoms with Gasteiger partial charge < -0.3 is 15.5 Å². The van der Waals surface area contributed by atoms with Gasteiger partial charge in [-0.2, -0.15) is 13.2 Å². The summed E-state index contributed by atoms with van der Waals surface area (Å²) in [4.78, 5) is 46.3. The lowest BCUT2D eigenvalue weighted by Crippen LogP contribution is -2.60. The Morgan fingerprint density at radius 1 is 1.00 bits per heavy atom. The Hall–Kier alpha value is -3.69. The van der Waals surface area contributed by atoms with Crippen LogP contribution in [0.2, 0.25) is 0 Å². The third-order valence-corrected chi connectivity index (χ3v) is 8.62. The van der Waals surface area contributed by atoms with Crippen LogP contribution in [-0.4, -0.2) is 42.2 Å². The van der Waals surface area contributed by atoms with Crippen molar-refractivity contribution in [2.24, 2.45) is 10.9 Å². The monoisotopic (exact) mass is 568 g/mol. The molecule has 0 radical (unpaired) electrons. The van der Waals surface area contributed by atoms with E-state index in [0.717, 1.165) is 44.2 Å². The lowest BCUT2D eigenvalue weighted by molar-refractivity contribution is -0.137. The lowest BCUT2D eigenvalue weighted by atomic mass is 9.94. The van der Waals surface area contributed by atoms with Crippen LogP contribution in [0.15, 0.2) is 53.5 Å². The zero-order valence-corrected chi connectivity index (χ0v) is 23.1. The zero-order valence-electron chi connectivity index (χ0n) is 23.1. The third kappa shape index (κ3) is 6.16. The Labute approximate surface area is 237 Å². The molecule has 2 aromatic rings. The van der Waals surface area contributed by atoms with Crippen molar-refractivity contribution in [2.45, 2.75) is 82.1 Å². The number of anilines is 1. The molecule has 41 heavy (non-hydrogen) atoms. The number of para-hydroxylation sites is 1. The standard InChI is InChI=1S/C31H35F3N4O3/c1-38-24-11-5-4-10-23(24)26(21-13-15-22(16-14-21)31(32,33)34)35-27(28(38)40)36-29(41)30(18-6-7-19-30)37-25(39)17-12-20-8-2-3-9-20/h4-5,10-11,13-16,20,27H,2-3,6-9,12,17-19H2,1H3,(H,36,41)(H,37,39)/t27-/m1/s1. The van der Waals surface area contributed by atoms with Crippen molar-refractivity contribution in [3.05, 3.63) is 65.2 Å². The smallest absolute Gasteiger partial charge is 0.342 e. The fourth-order valence-corrected chi connectivity index (χ4v) is 6.28. The molecule has 218 valence electrons. The number of hydrogen-bond acceptors (Lipinski definition) is 4. The van der Waals surface area contributed by atoms with E-state index in [1.807, 2.05) is 0 Å². The van der Waals surface area contributed by atoms with E-state index in [9.17, 15) is 27.6 Å². The van der Waals surface area contributed by atoms with Crippen LogP contribution in [0, 0.1) is 5.92 Å². The number of fused-ring (bicyclic) bond motifs is 1. The number of halogens is 3. The van der Waals surface area contributed by atoms with E-state index in [4.69, 9.17) is 0 Å². The SMILES string of the molecule is CN1C(=O)[C@@H](NC(=O)C2(NC(=O)CCC3CCCC3)CCCC2)N=C(c2ccc(C(F)(F)F)cc2)c2ccccc21. The van der Waals surface area contributed by atoms with E-state index in [1.165, 1.54) is 29.9 Å². The molecule has 1 aliphatic heterocycles. The Morgan fingerprint density at radius 2 is 1.66 bits per heavy atom. The summed E-state index contributed by atoms with van der Waals surface area (Å²) in [6.07, 6.45) is 2.45. The number of carbonyl (C=O) groups excluding carboxylic acids is 3. The minimum Gasteiger partial charge on any atom is -0.342 e. The number of nitrogens with one attached hydrogen (secondary N) is 2. The van der Waals surface area contributed by atoms with Gasteiger partial charge in [-0.3, -0.25) is 14.4 Å². The van der Waals surface area contributed by atoms with Gasteiger partial charge in [0.05, 0.1) is 17.0 Å². The van der Waals surface area contributed by atoms with Crippen LogP contribution in [0.1, 0.15) is 80.9 Å². The average Bonchev–Trinajstić information content (AvgIpc) is 3.64. The summed E-state index contributed by atoms with van der Waals surface area (Å²) < 4.78 is 39.6. The molecule has 7 nitrogen and oxygen atoms in total. The molecule has 2 N–H and O–H groups in total. The molecular weight excluding hydrogens is 533 g/mol. The van der Waals surface area contributed by atoms with Crippen LogP contribution in [0.5, 0.6) is 0 Å². The highest BCUT2D eigenvalue weighted by molar-refractivity contribution is 6.20. The second-order valence-corrected chi connectivity index (χ2v) is 11.4. The first-order valence-corrected chi connectivity index (χ1v) is 14.3. The quantitative estimate of drug-likeness (QED) is 0.471. The van der Waals surface area contributed by atoms with Crippen molar-refractivity contribution in [1.29, 1.82) is 0 Å². The molecule has 2 aromatic carbocycles. The number of hydrogen-bond donors (Lipinski definition) is 2. The zero-order chi connectivity index (χ0) is 29.2. The third-order valence-electron chi connectivity index (χ3n) is 8.62. The van der Waals surface area contributed by atoms with Gasteiger partial charge in [0.15, 0.2) is 0 Å². The van der Waals surface area contributed by atoms with Crippen molar-refractivity contribution in [1.82, 2.24) is 10.6 Å². The number of rotatable bonds is 7. The van der Waals surface area contributed by atoms with Crippen LogP contribution >= 0.6 is 0 Å². The second kappa shape index (κ2) is 11.7. The summed E-state index contributed by atoms with van der Waals surface area (Å²) in [5.41, 5.74) is -0.190. The van der Waals surface area contributed by atoms with Gasteiger partial charge in [0.2, 0.25) is 18.0 Å². The van der Waals surface area contributed by atoms with Crippen molar-refractivity contribution >= 4 is 29.1 Å². The molecule has 2 saturated carbocycles. The fraction of sp³-hybridized carbons (Fsp3) is 0.484. The number of benzodiazepines with no additional fused rings is 1. The van der Waals surface area contributed by atoms with Gasteiger partial charge in [0.25, 0.3) is 5.91 Å². The van der Waals surface area contributed by atoms with Crippen molar-refractivity contribution in [3.8, 4) is 0 Å². The van der Waals surface area contributed by atoms with E-state index in [-0.39, 0.29) is 5.91 Å². The molecule has 0 saturated heterocycles. The molecule has 5 rings (SSSR count). The molecular formula is C31H35F3N4O3. The first-order valence-electron chi connectivity index (χ1n) is 14.3. The summed E-state index contributed by atoms with van der Waals surface area (Å²) in [7, 11) is 1.57. The molecule has 0 spiro atoms. The van der Waals surface area contributed by atoms with Crippen LogP contribution in [0.25, 0.3) is 0 Å². The van der Waals surface area contributed by atoms with Gasteiger partial charge in [-0.15, -0.1) is 0 Å². The van der Waals surface area contributed by atoms with Gasteiger partial charge in [-0.1, -0.05) is 68.9 Å². The maximum absolute atomic E-state index is 13.8. The molecule has 1 atom stereocenters. The number of nitrogens with zero attached hydrogens (tertiary/aromatic N) is 2. The predicted molar refractivity (Wildman–Crippen MR) is 149 cm³/mol. The first-order chi connectivity index (χ1) is 19.6. The van der Waals surface area contributed by atoms with E-state index in [1.54, 1.807) is 31.3 Å². The molecule has 2 aliphatic carbocycles. The summed E-state index contributed by atoms with van der Waals surface area (Å²) in [6.45, 7) is 0. The van der Waals surface area contributed by atoms with E-state index >= 15 is 0 Å². The Bertz CT molecular complexity index is 1330. The second-order valence-electron chi connectivity index (χ2n) is 11.4. The van der Waals surface area contributed by atoms with Crippen LogP contribution in [0.3, 0.4) is 0 Å². The molecule has 0 bridgehead atoms. The molecule has 10 heteroatoms. The normalized spacial score (nSPS) is 20.8. The van der Waals surface area contributed by atoms with Gasteiger partial charge in [-0.25, -0.2) is 4.99 Å².